The topological polar surface area (TPSA) is 307 Å². The predicted octanol–water partition coefficient (Wildman–Crippen LogP) is -1.16. The molecule has 6 rings (SSSR count). The van der Waals surface area contributed by atoms with Crippen molar-refractivity contribution in [2.45, 2.75) is 61.2 Å². The van der Waals surface area contributed by atoms with E-state index in [4.69, 9.17) is 23.4 Å². The standard InChI is InChI=1S/C34H34O18/c35-10-21-26(42)29(45)32(52-33(47)12-1-4-14(37)5-2-12)31(49-21)24-17(40)9-20-23(27(24)43)16(39)8-19(48-20)13-3-6-18(15(38)7-13)50-34-30(46)28(44)25(41)22(11-36)51-34/h1-9,21-22,25-26,28-32,34-38,40-46H,10-11H2/t21-,22+,25+,26+,28-,29-,30-,31-,32+,34+/m0/s1. The number of phenolic OH excluding ortho intramolecular Hbond substituents is 4. The number of ether oxygens (including phenoxy) is 4. The third-order valence-electron chi connectivity index (χ3n) is 8.84. The van der Waals surface area contributed by atoms with Gasteiger partial charge in [0, 0.05) is 17.7 Å². The minimum absolute atomic E-state index is 0.0813. The second kappa shape index (κ2) is 14.5. The van der Waals surface area contributed by atoms with Crippen molar-refractivity contribution in [1.82, 2.24) is 0 Å². The van der Waals surface area contributed by atoms with Crippen molar-refractivity contribution in [3.63, 3.8) is 0 Å². The third kappa shape index (κ3) is 6.70. The van der Waals surface area contributed by atoms with E-state index >= 15 is 0 Å². The number of rotatable bonds is 8. The molecule has 2 fully saturated rings. The molecule has 2 aliphatic heterocycles. The largest absolute Gasteiger partial charge is 0.508 e. The van der Waals surface area contributed by atoms with Gasteiger partial charge in [0.15, 0.2) is 23.0 Å². The monoisotopic (exact) mass is 730 g/mol. The minimum Gasteiger partial charge on any atom is -0.508 e. The first-order valence-electron chi connectivity index (χ1n) is 15.7. The SMILES string of the molecule is O=C(O[C@@H]1[C@@H](O)[C@H](O)[C@H](CO)O[C@H]1c1c(O)cc2oc(-c3ccc(O[C@@H]4O[C@H](CO)[C@@H](O)[C@H](O)[C@@H]4O)c(O)c3)cc(=O)c2c1O)c1ccc(O)cc1. The number of hydrogen-bond donors (Lipinski definition) is 11. The average Bonchev–Trinajstić information content (AvgIpc) is 3.11. The second-order valence-electron chi connectivity index (χ2n) is 12.2. The summed E-state index contributed by atoms with van der Waals surface area (Å²) in [6.45, 7) is -1.55. The Balaban J connectivity index is 1.32. The summed E-state index contributed by atoms with van der Waals surface area (Å²) >= 11 is 0. The molecule has 1 aromatic heterocycles. The summed E-state index contributed by atoms with van der Waals surface area (Å²) in [4.78, 5) is 26.4. The van der Waals surface area contributed by atoms with E-state index in [0.717, 1.165) is 18.2 Å². The van der Waals surface area contributed by atoms with Crippen LogP contribution in [0.1, 0.15) is 22.0 Å². The van der Waals surface area contributed by atoms with E-state index in [-0.39, 0.29) is 34.0 Å². The highest BCUT2D eigenvalue weighted by molar-refractivity contribution is 5.90. The summed E-state index contributed by atoms with van der Waals surface area (Å²) in [7, 11) is 0. The van der Waals surface area contributed by atoms with Crippen molar-refractivity contribution in [1.29, 1.82) is 0 Å². The van der Waals surface area contributed by atoms with Crippen molar-refractivity contribution < 1.29 is 84.3 Å². The zero-order chi connectivity index (χ0) is 37.6. The van der Waals surface area contributed by atoms with Crippen molar-refractivity contribution in [2.75, 3.05) is 13.2 Å². The molecule has 0 spiro atoms. The Labute approximate surface area is 291 Å². The lowest BCUT2D eigenvalue weighted by atomic mass is 9.89. The molecule has 10 atom stereocenters. The first kappa shape index (κ1) is 36.8. The molecule has 4 aromatic rings. The van der Waals surface area contributed by atoms with E-state index in [1.807, 2.05) is 0 Å². The number of carbonyl (C=O) groups is 1. The van der Waals surface area contributed by atoms with Gasteiger partial charge in [0.25, 0.3) is 0 Å². The molecule has 3 heterocycles. The Hall–Kier alpha value is -5.02. The molecule has 0 saturated carbocycles. The van der Waals surface area contributed by atoms with Gasteiger partial charge < -0.3 is 79.5 Å². The van der Waals surface area contributed by atoms with Crippen LogP contribution in [0.3, 0.4) is 0 Å². The maximum absolute atomic E-state index is 13.4. The number of carbonyl (C=O) groups excluding carboxylic acids is 1. The number of aliphatic hydroxyl groups excluding tert-OH is 7. The Morgan fingerprint density at radius 2 is 1.38 bits per heavy atom. The highest BCUT2D eigenvalue weighted by atomic mass is 16.7. The lowest BCUT2D eigenvalue weighted by Crippen LogP contribution is -2.60. The lowest BCUT2D eigenvalue weighted by molar-refractivity contribution is -0.277. The number of phenols is 4. The van der Waals surface area contributed by atoms with Crippen LogP contribution in [0.4, 0.5) is 0 Å². The van der Waals surface area contributed by atoms with Gasteiger partial charge in [-0.05, 0) is 42.5 Å². The molecule has 278 valence electrons. The third-order valence-corrected chi connectivity index (χ3v) is 8.84. The Morgan fingerprint density at radius 1 is 0.731 bits per heavy atom. The van der Waals surface area contributed by atoms with Crippen LogP contribution in [0.5, 0.6) is 28.7 Å². The first-order valence-corrected chi connectivity index (χ1v) is 15.7. The molecule has 0 unspecified atom stereocenters. The normalized spacial score (nSPS) is 29.1. The highest BCUT2D eigenvalue weighted by Crippen LogP contribution is 2.46. The number of aromatic hydroxyl groups is 4. The maximum atomic E-state index is 13.4. The number of esters is 1. The smallest absolute Gasteiger partial charge is 0.338 e. The van der Waals surface area contributed by atoms with Gasteiger partial charge in [0.05, 0.1) is 24.3 Å². The van der Waals surface area contributed by atoms with E-state index < -0.39 is 114 Å². The molecule has 0 radical (unpaired) electrons. The van der Waals surface area contributed by atoms with Gasteiger partial charge in [0.2, 0.25) is 6.29 Å². The van der Waals surface area contributed by atoms with Gasteiger partial charge in [-0.15, -0.1) is 0 Å². The van der Waals surface area contributed by atoms with Crippen LogP contribution in [0.15, 0.2) is 63.8 Å². The fourth-order valence-electron chi connectivity index (χ4n) is 6.03. The number of aliphatic hydroxyl groups is 7. The van der Waals surface area contributed by atoms with E-state index in [9.17, 15) is 65.8 Å². The molecule has 2 saturated heterocycles. The Kier molecular flexibility index (Phi) is 10.3. The maximum Gasteiger partial charge on any atom is 0.338 e. The summed E-state index contributed by atoms with van der Waals surface area (Å²) < 4.78 is 27.7. The summed E-state index contributed by atoms with van der Waals surface area (Å²) in [5, 5.41) is 113. The molecule has 0 bridgehead atoms. The second-order valence-corrected chi connectivity index (χ2v) is 12.2. The van der Waals surface area contributed by atoms with Crippen LogP contribution in [-0.2, 0) is 14.2 Å². The molecule has 0 amide bonds. The number of fused-ring (bicyclic) bond motifs is 1. The molecule has 52 heavy (non-hydrogen) atoms. The minimum atomic E-state index is -1.93. The molecule has 2 aliphatic rings. The quantitative estimate of drug-likeness (QED) is 0.0953. The van der Waals surface area contributed by atoms with E-state index in [1.165, 1.54) is 36.4 Å². The van der Waals surface area contributed by atoms with Crippen molar-refractivity contribution in [2.24, 2.45) is 0 Å². The van der Waals surface area contributed by atoms with Crippen LogP contribution in [0, 0.1) is 0 Å². The molecule has 11 N–H and O–H groups in total. The van der Waals surface area contributed by atoms with Crippen molar-refractivity contribution in [3.8, 4) is 40.1 Å². The molecular weight excluding hydrogens is 696 g/mol. The molecular formula is C34H34O18. The fourth-order valence-corrected chi connectivity index (χ4v) is 6.03. The van der Waals surface area contributed by atoms with Crippen LogP contribution in [0.2, 0.25) is 0 Å². The van der Waals surface area contributed by atoms with Crippen LogP contribution < -0.4 is 10.2 Å². The first-order chi connectivity index (χ1) is 24.7. The van der Waals surface area contributed by atoms with Gasteiger partial charge in [-0.3, -0.25) is 4.79 Å². The van der Waals surface area contributed by atoms with E-state index in [1.54, 1.807) is 0 Å². The van der Waals surface area contributed by atoms with Gasteiger partial charge >= 0.3 is 5.97 Å². The highest BCUT2D eigenvalue weighted by Gasteiger charge is 2.49. The summed E-state index contributed by atoms with van der Waals surface area (Å²) in [5.74, 6) is -3.88. The van der Waals surface area contributed by atoms with Gasteiger partial charge in [-0.2, -0.15) is 0 Å². The predicted molar refractivity (Wildman–Crippen MR) is 171 cm³/mol. The number of benzene rings is 3. The van der Waals surface area contributed by atoms with E-state index in [2.05, 4.69) is 0 Å². The van der Waals surface area contributed by atoms with Gasteiger partial charge in [-0.1, -0.05) is 0 Å². The summed E-state index contributed by atoms with van der Waals surface area (Å²) in [5.41, 5.74) is -1.78. The number of hydrogen-bond acceptors (Lipinski definition) is 18. The van der Waals surface area contributed by atoms with Crippen molar-refractivity contribution >= 4 is 16.9 Å². The molecule has 18 heteroatoms. The zero-order valence-electron chi connectivity index (χ0n) is 26.7. The van der Waals surface area contributed by atoms with Crippen LogP contribution in [-0.4, -0.2) is 130 Å². The molecule has 18 nitrogen and oxygen atoms in total. The summed E-state index contributed by atoms with van der Waals surface area (Å²) in [6, 6.07) is 10.3. The molecule has 3 aromatic carbocycles. The summed E-state index contributed by atoms with van der Waals surface area (Å²) in [6.07, 6.45) is -16.8. The lowest BCUT2D eigenvalue weighted by Gasteiger charge is -2.42. The Bertz CT molecular complexity index is 1990. The van der Waals surface area contributed by atoms with Crippen molar-refractivity contribution in [3.05, 3.63) is 75.9 Å². The van der Waals surface area contributed by atoms with Crippen LogP contribution in [0.25, 0.3) is 22.3 Å². The Morgan fingerprint density at radius 3 is 2.04 bits per heavy atom. The molecule has 0 aliphatic carbocycles. The average molecular weight is 731 g/mol. The van der Waals surface area contributed by atoms with Gasteiger partial charge in [-0.25, -0.2) is 4.79 Å². The fraction of sp³-hybridized carbons (Fsp3) is 0.353. The van der Waals surface area contributed by atoms with E-state index in [0.29, 0.717) is 0 Å². The zero-order valence-corrected chi connectivity index (χ0v) is 26.7. The van der Waals surface area contributed by atoms with Gasteiger partial charge in [0.1, 0.15) is 82.8 Å². The van der Waals surface area contributed by atoms with Crippen LogP contribution >= 0.6 is 0 Å².